The molecule has 1 N–H and O–H groups in total. The number of aromatic amines is 1. The molecule has 0 spiro atoms. The molecule has 2 aromatic heterocycles. The number of fused-ring (bicyclic) bond motifs is 1. The normalized spacial score (nSPS) is 11.0. The first-order valence-electron chi connectivity index (χ1n) is 7.84. The average Bonchev–Trinajstić information content (AvgIpc) is 2.67. The maximum absolute atomic E-state index is 12.8. The van der Waals surface area contributed by atoms with Crippen molar-refractivity contribution < 1.29 is 0 Å². The second-order valence-electron chi connectivity index (χ2n) is 5.67. The van der Waals surface area contributed by atoms with E-state index < -0.39 is 0 Å². The zero-order chi connectivity index (χ0) is 18.3. The van der Waals surface area contributed by atoms with Crippen LogP contribution in [0.1, 0.15) is 5.69 Å². The quantitative estimate of drug-likeness (QED) is 0.538. The first kappa shape index (κ1) is 16.5. The Morgan fingerprint density at radius 3 is 2.42 bits per heavy atom. The molecule has 0 saturated carbocycles. The number of nitrogens with zero attached hydrogens (tertiary/aromatic N) is 4. The van der Waals surface area contributed by atoms with Gasteiger partial charge in [-0.1, -0.05) is 54.7 Å². The van der Waals surface area contributed by atoms with E-state index in [1.54, 1.807) is 11.6 Å². The summed E-state index contributed by atoms with van der Waals surface area (Å²) >= 11 is 11.0. The van der Waals surface area contributed by atoms with Crippen LogP contribution in [0.5, 0.6) is 0 Å². The Balaban J connectivity index is 2.24. The molecule has 0 fully saturated rings. The fourth-order valence-corrected chi connectivity index (χ4v) is 3.29. The highest BCUT2D eigenvalue weighted by Gasteiger charge is 2.15. The molecule has 8 heteroatoms. The minimum absolute atomic E-state index is 0.144. The van der Waals surface area contributed by atoms with Crippen LogP contribution < -0.4 is 5.56 Å². The summed E-state index contributed by atoms with van der Waals surface area (Å²) in [5, 5.41) is 7.38. The largest absolute Gasteiger partial charge is 0.295 e. The van der Waals surface area contributed by atoms with Crippen LogP contribution in [0.25, 0.3) is 22.3 Å². The average molecular weight is 379 g/mol. The summed E-state index contributed by atoms with van der Waals surface area (Å²) in [6, 6.07) is 17.1. The summed E-state index contributed by atoms with van der Waals surface area (Å²) < 4.78 is 3.47. The first-order valence-corrected chi connectivity index (χ1v) is 8.66. The van der Waals surface area contributed by atoms with Crippen molar-refractivity contribution in [3.05, 3.63) is 80.1 Å². The second kappa shape index (κ2) is 6.40. The van der Waals surface area contributed by atoms with E-state index in [1.807, 2.05) is 54.6 Å². The van der Waals surface area contributed by atoms with Gasteiger partial charge < -0.3 is 0 Å². The SMILES string of the molecule is Cc1n[nH]c(=S)n(-n2c(-c3ccccc3)nc3ccccc3c2=S)c1=O. The van der Waals surface area contributed by atoms with E-state index in [1.165, 1.54) is 4.68 Å². The molecule has 4 rings (SSSR count). The Hall–Kier alpha value is -2.97. The zero-order valence-corrected chi connectivity index (χ0v) is 15.3. The Morgan fingerprint density at radius 2 is 1.65 bits per heavy atom. The number of benzene rings is 2. The molecule has 2 aromatic carbocycles. The number of aryl methyl sites for hydroxylation is 1. The van der Waals surface area contributed by atoms with Crippen LogP contribution in [0, 0.1) is 16.3 Å². The number of hydrogen-bond acceptors (Lipinski definition) is 5. The molecule has 26 heavy (non-hydrogen) atoms. The number of rotatable bonds is 2. The lowest BCUT2D eigenvalue weighted by Crippen LogP contribution is -2.32. The van der Waals surface area contributed by atoms with Gasteiger partial charge in [-0.25, -0.2) is 9.66 Å². The molecule has 4 aromatic rings. The lowest BCUT2D eigenvalue weighted by Gasteiger charge is -2.17. The van der Waals surface area contributed by atoms with Gasteiger partial charge in [0.25, 0.3) is 5.56 Å². The third kappa shape index (κ3) is 2.59. The Kier molecular flexibility index (Phi) is 4.06. The highest BCUT2D eigenvalue weighted by molar-refractivity contribution is 7.71. The van der Waals surface area contributed by atoms with Crippen LogP contribution in [-0.2, 0) is 0 Å². The van der Waals surface area contributed by atoms with Crippen molar-refractivity contribution in [2.45, 2.75) is 6.92 Å². The predicted molar refractivity (Wildman–Crippen MR) is 105 cm³/mol. The number of nitrogens with one attached hydrogen (secondary N) is 1. The van der Waals surface area contributed by atoms with E-state index in [0.29, 0.717) is 10.5 Å². The van der Waals surface area contributed by atoms with E-state index in [2.05, 4.69) is 10.2 Å². The van der Waals surface area contributed by atoms with Crippen molar-refractivity contribution >= 4 is 35.3 Å². The van der Waals surface area contributed by atoms with Crippen LogP contribution in [0.15, 0.2) is 59.4 Å². The summed E-state index contributed by atoms with van der Waals surface area (Å²) in [5.41, 5.74) is 1.51. The minimum atomic E-state index is -0.348. The van der Waals surface area contributed by atoms with Gasteiger partial charge in [0, 0.05) is 10.9 Å². The second-order valence-corrected chi connectivity index (χ2v) is 6.44. The fourth-order valence-electron chi connectivity index (χ4n) is 2.74. The van der Waals surface area contributed by atoms with Crippen LogP contribution in [0.3, 0.4) is 0 Å². The van der Waals surface area contributed by atoms with Gasteiger partial charge in [-0.05, 0) is 31.3 Å². The smallest absolute Gasteiger partial charge is 0.265 e. The minimum Gasteiger partial charge on any atom is -0.265 e. The Labute approximate surface area is 158 Å². The van der Waals surface area contributed by atoms with Crippen molar-refractivity contribution in [2.75, 3.05) is 0 Å². The third-order valence-electron chi connectivity index (χ3n) is 4.00. The van der Waals surface area contributed by atoms with Crippen molar-refractivity contribution in [2.24, 2.45) is 0 Å². The topological polar surface area (TPSA) is 68.5 Å². The monoisotopic (exact) mass is 379 g/mol. The number of hydrogen-bond donors (Lipinski definition) is 1. The highest BCUT2D eigenvalue weighted by atomic mass is 32.1. The van der Waals surface area contributed by atoms with Crippen LogP contribution in [0.2, 0.25) is 0 Å². The summed E-state index contributed by atoms with van der Waals surface area (Å²) in [7, 11) is 0. The summed E-state index contributed by atoms with van der Waals surface area (Å²) in [6.45, 7) is 1.62. The molecule has 0 bridgehead atoms. The lowest BCUT2D eigenvalue weighted by atomic mass is 10.2. The van der Waals surface area contributed by atoms with Crippen molar-refractivity contribution in [3.8, 4) is 11.4 Å². The molecule has 0 atom stereocenters. The standard InChI is InChI=1S/C18H13N5OS2/c1-11-16(24)23(18(26)21-20-11)22-15(12-7-3-2-4-8-12)19-14-10-6-5-9-13(14)17(22)25/h2-10H,1H3,(H,21,26). The van der Waals surface area contributed by atoms with E-state index >= 15 is 0 Å². The Morgan fingerprint density at radius 1 is 0.962 bits per heavy atom. The van der Waals surface area contributed by atoms with E-state index in [4.69, 9.17) is 29.4 Å². The molecule has 0 radical (unpaired) electrons. The summed E-state index contributed by atoms with van der Waals surface area (Å²) in [5.74, 6) is 0.529. The number of para-hydroxylation sites is 1. The molecule has 6 nitrogen and oxygen atoms in total. The third-order valence-corrected chi connectivity index (χ3v) is 4.66. The van der Waals surface area contributed by atoms with Crippen molar-refractivity contribution in [1.29, 1.82) is 0 Å². The van der Waals surface area contributed by atoms with Crippen molar-refractivity contribution in [1.82, 2.24) is 24.5 Å². The van der Waals surface area contributed by atoms with E-state index in [9.17, 15) is 4.79 Å². The maximum Gasteiger partial charge on any atom is 0.295 e. The predicted octanol–water partition coefficient (Wildman–Crippen LogP) is 3.67. The molecule has 128 valence electrons. The molecular formula is C18H13N5OS2. The van der Waals surface area contributed by atoms with Gasteiger partial charge in [0.2, 0.25) is 4.77 Å². The van der Waals surface area contributed by atoms with Gasteiger partial charge in [0.15, 0.2) is 5.82 Å². The van der Waals surface area contributed by atoms with Gasteiger partial charge >= 0.3 is 0 Å². The van der Waals surface area contributed by atoms with Crippen molar-refractivity contribution in [3.63, 3.8) is 0 Å². The molecule has 0 saturated heterocycles. The fraction of sp³-hybridized carbons (Fsp3) is 0.0556. The van der Waals surface area contributed by atoms with Gasteiger partial charge in [-0.15, -0.1) is 0 Å². The maximum atomic E-state index is 12.8. The number of H-pyrrole nitrogens is 1. The molecule has 2 heterocycles. The van der Waals surface area contributed by atoms with Gasteiger partial charge in [-0.2, -0.15) is 9.77 Å². The van der Waals surface area contributed by atoms with Gasteiger partial charge in [0.1, 0.15) is 10.3 Å². The zero-order valence-electron chi connectivity index (χ0n) is 13.7. The van der Waals surface area contributed by atoms with E-state index in [0.717, 1.165) is 16.5 Å². The molecule has 0 aliphatic heterocycles. The molecule has 0 amide bonds. The van der Waals surface area contributed by atoms with Gasteiger partial charge in [0.05, 0.1) is 5.52 Å². The summed E-state index contributed by atoms with van der Waals surface area (Å²) in [6.07, 6.45) is 0. The van der Waals surface area contributed by atoms with Crippen LogP contribution in [-0.4, -0.2) is 24.5 Å². The van der Waals surface area contributed by atoms with Crippen LogP contribution in [0.4, 0.5) is 0 Å². The molecule has 0 unspecified atom stereocenters. The molecule has 0 aliphatic rings. The summed E-state index contributed by atoms with van der Waals surface area (Å²) in [4.78, 5) is 17.5. The molecular weight excluding hydrogens is 366 g/mol. The van der Waals surface area contributed by atoms with Gasteiger partial charge in [-0.3, -0.25) is 9.89 Å². The van der Waals surface area contributed by atoms with Crippen LogP contribution >= 0.6 is 24.4 Å². The lowest BCUT2D eigenvalue weighted by molar-refractivity contribution is 0.573. The molecule has 0 aliphatic carbocycles. The Bertz CT molecular complexity index is 1310. The first-order chi connectivity index (χ1) is 12.6. The number of aromatic nitrogens is 5. The highest BCUT2D eigenvalue weighted by Crippen LogP contribution is 2.22. The van der Waals surface area contributed by atoms with E-state index in [-0.39, 0.29) is 16.0 Å².